The summed E-state index contributed by atoms with van der Waals surface area (Å²) >= 11 is 0. The average molecular weight is 1700 g/mol. The number of nitrogens with zero attached hydrogens (tertiary/aromatic N) is 5. The van der Waals surface area contributed by atoms with Gasteiger partial charge in [0.1, 0.15) is 78.3 Å². The SMILES string of the molecule is CC(C)C[C@H](NC(=O)[C@@H](N)CCC(=O)O)C(=O)N[C@@H](Cc1ccc(O)cc1)C(=O)N[C@@H](CCC(=O)O)C(=O)N[C@@H](CC(N)=O)C(=O)N[C@@H](CCCCN)C(=O)N1CCC[C@H]1C(=O)N(C)[C@@H](CCCN=C(N)N)C(=O)N1C(=O)[C@H](CC(C)C)NC(=O)[C@@H](CCC(=O)O)NC(=O)[C@H](Cc2c[nH]c3ccccc23)NC(=O)[C@@H]2CCCN2C(=O)[C@@H]1CCCCN. The monoisotopic (exact) mass is 1700 g/mol. The molecule has 121 heavy (non-hydrogen) atoms. The molecule has 0 aliphatic carbocycles. The molecule has 0 bridgehead atoms. The van der Waals surface area contributed by atoms with Gasteiger partial charge in [0.15, 0.2) is 5.96 Å². The molecular weight excluding hydrogens is 1580 g/mol. The number of guanidine groups is 1. The van der Waals surface area contributed by atoms with E-state index in [1.54, 1.807) is 58.2 Å². The molecule has 25 N–H and O–H groups in total. The number of aliphatic carboxylic acids is 3. The van der Waals surface area contributed by atoms with Crippen molar-refractivity contribution in [1.82, 2.24) is 67.1 Å². The number of nitrogens with one attached hydrogen (secondary N) is 9. The molecule has 0 saturated carbocycles. The molecule has 4 heterocycles. The second-order valence-electron chi connectivity index (χ2n) is 31.7. The lowest BCUT2D eigenvalue weighted by Crippen LogP contribution is -2.64. The number of para-hydroxylation sites is 1. The van der Waals surface area contributed by atoms with Crippen molar-refractivity contribution in [3.05, 3.63) is 65.9 Å². The van der Waals surface area contributed by atoms with Gasteiger partial charge in [-0.3, -0.25) is 91.4 Å². The summed E-state index contributed by atoms with van der Waals surface area (Å²) in [5.74, 6) is -19.8. The van der Waals surface area contributed by atoms with Crippen LogP contribution in [0, 0.1) is 11.8 Å². The van der Waals surface area contributed by atoms with Crippen LogP contribution in [0.1, 0.15) is 174 Å². The Morgan fingerprint density at radius 2 is 1.17 bits per heavy atom. The number of unbranched alkanes of at least 4 members (excludes halogenated alkanes) is 2. The van der Waals surface area contributed by atoms with Crippen LogP contribution >= 0.6 is 0 Å². The Hall–Kier alpha value is -11.9. The number of aromatic amines is 1. The van der Waals surface area contributed by atoms with Gasteiger partial charge in [-0.05, 0) is 163 Å². The van der Waals surface area contributed by atoms with Gasteiger partial charge in [0.2, 0.25) is 70.9 Å². The number of H-pyrrole nitrogens is 1. The third kappa shape index (κ3) is 29.8. The topological polar surface area (TPSA) is 665 Å². The number of likely N-dealkylation sites (tertiary alicyclic amines) is 1. The predicted octanol–water partition coefficient (Wildman–Crippen LogP) is -2.72. The van der Waals surface area contributed by atoms with Crippen LogP contribution in [-0.2, 0) is 94.3 Å². The summed E-state index contributed by atoms with van der Waals surface area (Å²) in [5, 5.41) is 60.4. The number of hydrogen-bond acceptors (Lipinski definition) is 22. The molecule has 3 aliphatic heterocycles. The summed E-state index contributed by atoms with van der Waals surface area (Å²) in [6.45, 7) is 6.57. The molecular formula is C80H120N20O21. The zero-order valence-corrected chi connectivity index (χ0v) is 69.1. The number of aromatic hydroxyl groups is 1. The fourth-order valence-corrected chi connectivity index (χ4v) is 15.0. The number of aromatic nitrogens is 1. The number of rotatable bonds is 45. The van der Waals surface area contributed by atoms with E-state index < -0.39 is 224 Å². The van der Waals surface area contributed by atoms with E-state index in [0.29, 0.717) is 26.9 Å². The van der Waals surface area contributed by atoms with Crippen molar-refractivity contribution in [2.45, 2.75) is 254 Å². The number of amides is 14. The first-order chi connectivity index (χ1) is 57.3. The van der Waals surface area contributed by atoms with Crippen LogP contribution in [-0.4, -0.2) is 270 Å². The number of carboxylic acid groups (broad SMARTS) is 3. The summed E-state index contributed by atoms with van der Waals surface area (Å²) in [6.07, 6.45) is -3.51. The molecule has 41 heteroatoms. The number of aliphatic imine (C=N–C) groups is 1. The third-order valence-corrected chi connectivity index (χ3v) is 21.3. The highest BCUT2D eigenvalue weighted by Crippen LogP contribution is 2.30. The highest BCUT2D eigenvalue weighted by Gasteiger charge is 2.50. The summed E-state index contributed by atoms with van der Waals surface area (Å²) in [7, 11) is 1.22. The molecule has 14 amide bonds. The highest BCUT2D eigenvalue weighted by molar-refractivity contribution is 6.08. The number of imide groups is 1. The molecule has 3 aliphatic rings. The van der Waals surface area contributed by atoms with Crippen molar-refractivity contribution in [2.75, 3.05) is 39.8 Å². The van der Waals surface area contributed by atoms with Gasteiger partial charge in [0, 0.05) is 75.9 Å². The molecule has 0 spiro atoms. The number of phenolic OH excluding ortho intramolecular Hbond substituents is 1. The molecule has 41 nitrogen and oxygen atoms in total. The van der Waals surface area contributed by atoms with Crippen LogP contribution in [0.5, 0.6) is 5.75 Å². The van der Waals surface area contributed by atoms with Crippen LogP contribution in [0.25, 0.3) is 10.9 Å². The van der Waals surface area contributed by atoms with Crippen LogP contribution in [0.3, 0.4) is 0 Å². The lowest BCUT2D eigenvalue weighted by Gasteiger charge is -2.40. The number of carbonyl (C=O) groups is 17. The minimum atomic E-state index is -1.99. The second-order valence-corrected chi connectivity index (χ2v) is 31.7. The maximum absolute atomic E-state index is 16.5. The number of phenols is 1. The Morgan fingerprint density at radius 3 is 1.81 bits per heavy atom. The smallest absolute Gasteiger partial charge is 0.303 e. The minimum Gasteiger partial charge on any atom is -0.508 e. The molecule has 13 atom stereocenters. The number of hydrogen-bond donors (Lipinski definition) is 19. The Bertz CT molecular complexity index is 4190. The first-order valence-electron chi connectivity index (χ1n) is 41.0. The van der Waals surface area contributed by atoms with E-state index in [1.165, 1.54) is 36.2 Å². The fourth-order valence-electron chi connectivity index (χ4n) is 15.0. The lowest BCUT2D eigenvalue weighted by atomic mass is 9.97. The van der Waals surface area contributed by atoms with E-state index in [-0.39, 0.29) is 160 Å². The Balaban J connectivity index is 1.37. The molecule has 0 unspecified atom stereocenters. The summed E-state index contributed by atoms with van der Waals surface area (Å²) in [6, 6.07) is -8.60. The van der Waals surface area contributed by atoms with Crippen LogP contribution < -0.4 is 76.9 Å². The number of benzene rings is 2. The molecule has 3 saturated heterocycles. The summed E-state index contributed by atoms with van der Waals surface area (Å²) < 4.78 is 0. The van der Waals surface area contributed by atoms with Gasteiger partial charge in [-0.2, -0.15) is 0 Å². The van der Waals surface area contributed by atoms with Crippen molar-refractivity contribution in [1.29, 1.82) is 0 Å². The van der Waals surface area contributed by atoms with E-state index >= 15 is 24.0 Å². The third-order valence-electron chi connectivity index (χ3n) is 21.3. The number of nitrogens with two attached hydrogens (primary N) is 6. The molecule has 2 aromatic carbocycles. The van der Waals surface area contributed by atoms with E-state index in [9.17, 15) is 78.0 Å². The van der Waals surface area contributed by atoms with Crippen molar-refractivity contribution >= 4 is 117 Å². The lowest BCUT2D eigenvalue weighted by molar-refractivity contribution is -0.162. The van der Waals surface area contributed by atoms with E-state index in [1.807, 2.05) is 0 Å². The van der Waals surface area contributed by atoms with Crippen LogP contribution in [0.4, 0.5) is 0 Å². The maximum atomic E-state index is 16.5. The fraction of sp³-hybridized carbons (Fsp3) is 0.600. The van der Waals surface area contributed by atoms with Crippen molar-refractivity contribution in [3.8, 4) is 5.75 Å². The number of carboxylic acids is 3. The van der Waals surface area contributed by atoms with Gasteiger partial charge in [-0.25, -0.2) is 0 Å². The van der Waals surface area contributed by atoms with Crippen molar-refractivity contribution < 1.29 is 102 Å². The van der Waals surface area contributed by atoms with Crippen molar-refractivity contribution in [2.24, 2.45) is 51.2 Å². The quantitative estimate of drug-likeness (QED) is 0.0155. The standard InChI is InChI=1S/C80H120N20O21/c1-43(2)37-54(92-67(109)49(83)26-29-64(103)104)70(112)93-55(39-45-22-24-47(101)25-23-45)71(113)89-51(27-30-65(105)106)68(110)94-57(41-63(84)102)73(115)91-53(17-8-10-32-81)75(117)99-36-14-21-61(99)77(119)97(5)60(19-12-34-87-80(85)86)79(121)100-62(18-9-11-33-82)78(120)98-35-13-20-59(98)74(116)95-56(40-46-42-88-50-16-7-6-15-48(46)50)72(114)90-52(28-31-66(107)108)69(111)96-58(76(100)118)38-44(3)4/h6-7,15-16,22-25,42-44,49,51-62,88,101H,8-14,17-21,26-41,81-83H2,1-5H3,(H2,84,102)(H,89,113)(H,90,114)(H,91,115)(H,92,109)(H,93,112)(H,94,110)(H,95,116)(H,96,111)(H,103,104)(H,105,106)(H,107,108)(H4,85,86,87)/t49-,51-,52+,53-,54-,55-,56-,57-,58-,59-,60-,61-,62-/m0/s1. The highest BCUT2D eigenvalue weighted by atomic mass is 16.4. The van der Waals surface area contributed by atoms with Crippen LogP contribution in [0.15, 0.2) is 59.7 Å². The summed E-state index contributed by atoms with van der Waals surface area (Å²) in [4.78, 5) is 256. The molecule has 3 aromatic rings. The molecule has 1 aromatic heterocycles. The summed E-state index contributed by atoms with van der Waals surface area (Å²) in [5.41, 5.74) is 36.7. The molecule has 666 valence electrons. The molecule has 6 rings (SSSR count). The minimum absolute atomic E-state index is 0.0323. The molecule has 3 fully saturated rings. The van der Waals surface area contributed by atoms with Gasteiger partial charge in [0.25, 0.3) is 11.8 Å². The van der Waals surface area contributed by atoms with Gasteiger partial charge < -0.3 is 117 Å². The first-order valence-corrected chi connectivity index (χ1v) is 41.0. The van der Waals surface area contributed by atoms with E-state index in [4.69, 9.17) is 34.4 Å². The van der Waals surface area contributed by atoms with Gasteiger partial charge in [-0.15, -0.1) is 0 Å². The predicted molar refractivity (Wildman–Crippen MR) is 438 cm³/mol. The Morgan fingerprint density at radius 1 is 0.587 bits per heavy atom. The van der Waals surface area contributed by atoms with Crippen molar-refractivity contribution in [3.63, 3.8) is 0 Å². The Kier molecular flexibility index (Phi) is 38.7. The van der Waals surface area contributed by atoms with Crippen LogP contribution in [0.2, 0.25) is 0 Å². The zero-order chi connectivity index (χ0) is 89.5. The first kappa shape index (κ1) is 97.9. The van der Waals surface area contributed by atoms with Gasteiger partial charge in [-0.1, -0.05) is 58.0 Å². The number of primary amides is 1. The number of carbonyl (C=O) groups excluding carboxylic acids is 14. The molecule has 0 radical (unpaired) electrons. The number of fused-ring (bicyclic) bond motifs is 2. The normalized spacial score (nSPS) is 19.6. The van der Waals surface area contributed by atoms with E-state index in [2.05, 4.69) is 52.5 Å². The van der Waals surface area contributed by atoms with Gasteiger partial charge in [0.05, 0.1) is 12.5 Å². The second kappa shape index (κ2) is 47.8. The van der Waals surface area contributed by atoms with Gasteiger partial charge >= 0.3 is 17.9 Å². The average Bonchev–Trinajstić information content (AvgIpc) is 1.77. The Labute approximate surface area is 700 Å². The number of likely N-dealkylation sites (N-methyl/N-ethyl adjacent to an activating group) is 1. The van der Waals surface area contributed by atoms with E-state index in [0.717, 1.165) is 9.80 Å². The zero-order valence-electron chi connectivity index (χ0n) is 69.1. The largest absolute Gasteiger partial charge is 0.508 e. The maximum Gasteiger partial charge on any atom is 0.303 e.